The topological polar surface area (TPSA) is 152 Å². The first-order chi connectivity index (χ1) is 28.8. The Hall–Kier alpha value is -2.86. The van der Waals surface area contributed by atoms with Gasteiger partial charge in [0.05, 0.1) is 13.2 Å². The first-order valence-electron chi connectivity index (χ1n) is 23.0. The summed E-state index contributed by atoms with van der Waals surface area (Å²) in [6, 6.07) is 0. The van der Waals surface area contributed by atoms with Gasteiger partial charge in [-0.05, 0) is 83.5 Å². The van der Waals surface area contributed by atoms with Crippen molar-refractivity contribution >= 4 is 11.9 Å². The van der Waals surface area contributed by atoms with Crippen LogP contribution in [0.2, 0.25) is 0 Å². The standard InChI is InChI=1S/C49H82O10/c1-3-5-7-9-11-13-15-17-19-21-23-25-27-29-31-33-35-37-44(51)56-40-42(41-57-49-48(55)47(54)46(53)43(39-50)59-49)58-45(52)38-36-34-32-30-28-26-24-22-20-18-16-14-12-10-8-6-4-2/h6,8,11-14,17-20,24,26,42-43,46-50,53-55H,3-5,7,9-10,15-16,21-23,25,27-41H2,1-2H3/b8-6-,13-11-,14-12-,19-17-,20-18-,26-24-. The highest BCUT2D eigenvalue weighted by atomic mass is 16.7. The zero-order chi connectivity index (χ0) is 43.0. The Balaban J connectivity index is 2.35. The van der Waals surface area contributed by atoms with E-state index in [1.165, 1.54) is 44.9 Å². The second-order valence-electron chi connectivity index (χ2n) is 15.5. The first kappa shape index (κ1) is 54.2. The Labute approximate surface area is 357 Å². The van der Waals surface area contributed by atoms with Crippen LogP contribution >= 0.6 is 0 Å². The zero-order valence-corrected chi connectivity index (χ0v) is 36.7. The molecule has 6 atom stereocenters. The van der Waals surface area contributed by atoms with Gasteiger partial charge in [-0.3, -0.25) is 9.59 Å². The van der Waals surface area contributed by atoms with Gasteiger partial charge in [-0.1, -0.05) is 145 Å². The Bertz CT molecular complexity index is 1190. The molecule has 0 radical (unpaired) electrons. The average molecular weight is 831 g/mol. The summed E-state index contributed by atoms with van der Waals surface area (Å²) >= 11 is 0. The molecular weight excluding hydrogens is 749 g/mol. The predicted octanol–water partition coefficient (Wildman–Crippen LogP) is 10.00. The fourth-order valence-electron chi connectivity index (χ4n) is 6.44. The maximum Gasteiger partial charge on any atom is 0.306 e. The molecule has 0 aromatic rings. The van der Waals surface area contributed by atoms with E-state index in [1.807, 2.05) is 0 Å². The molecular formula is C49H82O10. The number of allylic oxidation sites excluding steroid dienone is 12. The molecule has 0 saturated carbocycles. The number of carbonyl (C=O) groups excluding carboxylic acids is 2. The van der Waals surface area contributed by atoms with E-state index >= 15 is 0 Å². The van der Waals surface area contributed by atoms with Crippen LogP contribution in [0.1, 0.15) is 168 Å². The molecule has 1 rings (SSSR count). The molecule has 0 aromatic heterocycles. The molecule has 4 N–H and O–H groups in total. The average Bonchev–Trinajstić information content (AvgIpc) is 3.23. The van der Waals surface area contributed by atoms with Crippen molar-refractivity contribution in [3.63, 3.8) is 0 Å². The van der Waals surface area contributed by atoms with Crippen molar-refractivity contribution in [1.82, 2.24) is 0 Å². The Morgan fingerprint density at radius 2 is 1.00 bits per heavy atom. The van der Waals surface area contributed by atoms with Crippen LogP contribution < -0.4 is 0 Å². The van der Waals surface area contributed by atoms with Crippen LogP contribution in [0.25, 0.3) is 0 Å². The number of hydrogen-bond donors (Lipinski definition) is 4. The number of esters is 2. The van der Waals surface area contributed by atoms with E-state index in [-0.39, 0.29) is 26.1 Å². The normalized spacial score (nSPS) is 20.7. The van der Waals surface area contributed by atoms with Gasteiger partial charge in [-0.2, -0.15) is 0 Å². The minimum absolute atomic E-state index is 0.196. The van der Waals surface area contributed by atoms with Crippen LogP contribution in [0.4, 0.5) is 0 Å². The molecule has 59 heavy (non-hydrogen) atoms. The number of aliphatic hydroxyl groups excluding tert-OH is 4. The number of carbonyl (C=O) groups is 2. The summed E-state index contributed by atoms with van der Waals surface area (Å²) in [6.07, 6.45) is 41.8. The van der Waals surface area contributed by atoms with Crippen molar-refractivity contribution in [2.24, 2.45) is 0 Å². The molecule has 10 heteroatoms. The maximum absolute atomic E-state index is 12.8. The van der Waals surface area contributed by atoms with Gasteiger partial charge in [-0.15, -0.1) is 0 Å². The number of aliphatic hydroxyl groups is 4. The molecule has 0 aliphatic carbocycles. The lowest BCUT2D eigenvalue weighted by molar-refractivity contribution is -0.305. The molecule has 1 aliphatic heterocycles. The van der Waals surface area contributed by atoms with E-state index in [0.717, 1.165) is 83.5 Å². The molecule has 6 unspecified atom stereocenters. The summed E-state index contributed by atoms with van der Waals surface area (Å²) < 4.78 is 22.1. The van der Waals surface area contributed by atoms with Crippen molar-refractivity contribution in [2.45, 2.75) is 205 Å². The van der Waals surface area contributed by atoms with E-state index in [2.05, 4.69) is 86.8 Å². The van der Waals surface area contributed by atoms with Crippen LogP contribution in [0.3, 0.4) is 0 Å². The molecule has 1 fully saturated rings. The fourth-order valence-corrected chi connectivity index (χ4v) is 6.44. The van der Waals surface area contributed by atoms with E-state index in [1.54, 1.807) is 0 Å². The summed E-state index contributed by atoms with van der Waals surface area (Å²) in [5, 5.41) is 40.1. The van der Waals surface area contributed by atoms with Gasteiger partial charge in [0.15, 0.2) is 12.4 Å². The monoisotopic (exact) mass is 831 g/mol. The number of ether oxygens (including phenoxy) is 4. The Kier molecular flexibility index (Phi) is 36.1. The highest BCUT2D eigenvalue weighted by molar-refractivity contribution is 5.70. The summed E-state index contributed by atoms with van der Waals surface area (Å²) in [7, 11) is 0. The smallest absolute Gasteiger partial charge is 0.306 e. The van der Waals surface area contributed by atoms with Gasteiger partial charge < -0.3 is 39.4 Å². The third-order valence-electron chi connectivity index (χ3n) is 10.1. The number of rotatable bonds is 37. The van der Waals surface area contributed by atoms with E-state index < -0.39 is 55.4 Å². The van der Waals surface area contributed by atoms with E-state index in [0.29, 0.717) is 12.8 Å². The second-order valence-corrected chi connectivity index (χ2v) is 15.5. The van der Waals surface area contributed by atoms with Crippen LogP contribution in [0, 0.1) is 0 Å². The highest BCUT2D eigenvalue weighted by Gasteiger charge is 2.44. The van der Waals surface area contributed by atoms with Crippen LogP contribution in [0.5, 0.6) is 0 Å². The van der Waals surface area contributed by atoms with Gasteiger partial charge in [0.1, 0.15) is 31.0 Å². The predicted molar refractivity (Wildman–Crippen MR) is 238 cm³/mol. The van der Waals surface area contributed by atoms with Crippen molar-refractivity contribution in [2.75, 3.05) is 19.8 Å². The molecule has 1 heterocycles. The quantitative estimate of drug-likeness (QED) is 0.0271. The molecule has 10 nitrogen and oxygen atoms in total. The Morgan fingerprint density at radius 3 is 1.51 bits per heavy atom. The third-order valence-corrected chi connectivity index (χ3v) is 10.1. The molecule has 0 aromatic carbocycles. The first-order valence-corrected chi connectivity index (χ1v) is 23.0. The lowest BCUT2D eigenvalue weighted by Gasteiger charge is -2.39. The maximum atomic E-state index is 12.8. The summed E-state index contributed by atoms with van der Waals surface area (Å²) in [4.78, 5) is 25.4. The minimum atomic E-state index is -1.60. The number of hydrogen-bond acceptors (Lipinski definition) is 10. The van der Waals surface area contributed by atoms with Crippen molar-refractivity contribution in [3.8, 4) is 0 Å². The summed E-state index contributed by atoms with van der Waals surface area (Å²) in [5.74, 6) is -0.849. The van der Waals surface area contributed by atoms with Crippen molar-refractivity contribution in [1.29, 1.82) is 0 Å². The van der Waals surface area contributed by atoms with Crippen LogP contribution in [-0.2, 0) is 28.5 Å². The van der Waals surface area contributed by atoms with Gasteiger partial charge >= 0.3 is 11.9 Å². The van der Waals surface area contributed by atoms with Gasteiger partial charge in [0.25, 0.3) is 0 Å². The molecule has 1 aliphatic rings. The minimum Gasteiger partial charge on any atom is -0.462 e. The second kappa shape index (κ2) is 39.3. The van der Waals surface area contributed by atoms with Crippen molar-refractivity contribution < 1.29 is 49.0 Å². The fraction of sp³-hybridized carbons (Fsp3) is 0.714. The Morgan fingerprint density at radius 1 is 0.542 bits per heavy atom. The highest BCUT2D eigenvalue weighted by Crippen LogP contribution is 2.22. The van der Waals surface area contributed by atoms with E-state index in [9.17, 15) is 30.0 Å². The number of unbranched alkanes of at least 4 members (excludes halogenated alkanes) is 14. The van der Waals surface area contributed by atoms with E-state index in [4.69, 9.17) is 18.9 Å². The van der Waals surface area contributed by atoms with Crippen molar-refractivity contribution in [3.05, 3.63) is 72.9 Å². The van der Waals surface area contributed by atoms with Crippen LogP contribution in [0.15, 0.2) is 72.9 Å². The van der Waals surface area contributed by atoms with Crippen LogP contribution in [-0.4, -0.2) is 89.0 Å². The summed E-state index contributed by atoms with van der Waals surface area (Å²) in [5.41, 5.74) is 0. The van der Waals surface area contributed by atoms with Gasteiger partial charge in [0.2, 0.25) is 0 Å². The van der Waals surface area contributed by atoms with Gasteiger partial charge in [-0.25, -0.2) is 0 Å². The summed E-state index contributed by atoms with van der Waals surface area (Å²) in [6.45, 7) is 3.24. The van der Waals surface area contributed by atoms with Gasteiger partial charge in [0, 0.05) is 12.8 Å². The zero-order valence-electron chi connectivity index (χ0n) is 36.7. The molecule has 0 amide bonds. The lowest BCUT2D eigenvalue weighted by atomic mass is 9.99. The third kappa shape index (κ3) is 30.8. The lowest BCUT2D eigenvalue weighted by Crippen LogP contribution is -2.59. The molecule has 338 valence electrons. The largest absolute Gasteiger partial charge is 0.462 e. The molecule has 0 bridgehead atoms. The SMILES string of the molecule is CC/C=C\C/C=C\C/C=C\C/C=C\CCCCCCC(=O)OC(COC(=O)CCCCCCCCC/C=C\C/C=C\CCCCC)COC1OC(CO)C(O)C(O)C1O. The molecule has 1 saturated heterocycles. The molecule has 0 spiro atoms.